The molecule has 3 saturated heterocycles. The van der Waals surface area contributed by atoms with Gasteiger partial charge in [-0.2, -0.15) is 0 Å². The first kappa shape index (κ1) is 17.6. The second kappa shape index (κ2) is 6.57. The lowest BCUT2D eigenvalue weighted by Crippen LogP contribution is -2.48. The number of benzene rings is 2. The van der Waals surface area contributed by atoms with Crippen LogP contribution in [-0.4, -0.2) is 47.7 Å². The van der Waals surface area contributed by atoms with Gasteiger partial charge in [-0.3, -0.25) is 9.69 Å². The molecule has 2 aromatic rings. The Bertz CT molecular complexity index is 906. The van der Waals surface area contributed by atoms with Crippen molar-refractivity contribution in [1.82, 2.24) is 9.80 Å². The van der Waals surface area contributed by atoms with E-state index in [2.05, 4.69) is 17.0 Å². The minimum Gasteiger partial charge on any atom is -0.496 e. The maximum atomic E-state index is 13.5. The van der Waals surface area contributed by atoms with Gasteiger partial charge in [0.15, 0.2) is 5.72 Å². The summed E-state index contributed by atoms with van der Waals surface area (Å²) in [6, 6.07) is 14.7. The molecule has 146 valence electrons. The molecule has 6 heteroatoms. The first-order chi connectivity index (χ1) is 13.6. The molecule has 3 fully saturated rings. The molecule has 5 nitrogen and oxygen atoms in total. The molecule has 1 amide bonds. The highest BCUT2D eigenvalue weighted by Gasteiger charge is 2.64. The topological polar surface area (TPSA) is 42.0 Å². The number of nitrogens with zero attached hydrogens (tertiary/aromatic N) is 2. The van der Waals surface area contributed by atoms with E-state index in [0.717, 1.165) is 24.1 Å². The number of carbonyl (C=O) groups is 1. The average Bonchev–Trinajstić information content (AvgIpc) is 3.34. The lowest BCUT2D eigenvalue weighted by molar-refractivity contribution is -0.138. The third-order valence-corrected chi connectivity index (χ3v) is 6.37. The number of amides is 1. The minimum absolute atomic E-state index is 0.00321. The van der Waals surface area contributed by atoms with Crippen LogP contribution in [0.4, 0.5) is 4.39 Å². The van der Waals surface area contributed by atoms with Crippen LogP contribution >= 0.6 is 0 Å². The van der Waals surface area contributed by atoms with Crippen molar-refractivity contribution in [1.29, 1.82) is 0 Å². The lowest BCUT2D eigenvalue weighted by atomic mass is 10.0. The van der Waals surface area contributed by atoms with E-state index in [9.17, 15) is 9.18 Å². The van der Waals surface area contributed by atoms with E-state index < -0.39 is 5.72 Å². The molecule has 3 atom stereocenters. The molecule has 0 bridgehead atoms. The number of rotatable bonds is 4. The Hall–Kier alpha value is -2.44. The summed E-state index contributed by atoms with van der Waals surface area (Å²) in [6.07, 6.45) is 1.24. The van der Waals surface area contributed by atoms with E-state index in [0.29, 0.717) is 25.3 Å². The van der Waals surface area contributed by atoms with Crippen LogP contribution in [0.3, 0.4) is 0 Å². The predicted octanol–water partition coefficient (Wildman–Crippen LogP) is 3.11. The quantitative estimate of drug-likeness (QED) is 0.815. The van der Waals surface area contributed by atoms with Crippen molar-refractivity contribution in [2.45, 2.75) is 37.2 Å². The third kappa shape index (κ3) is 2.55. The molecule has 0 aliphatic carbocycles. The van der Waals surface area contributed by atoms with E-state index in [1.165, 1.54) is 12.1 Å². The zero-order chi connectivity index (χ0) is 19.3. The van der Waals surface area contributed by atoms with Gasteiger partial charge in [-0.15, -0.1) is 0 Å². The first-order valence-corrected chi connectivity index (χ1v) is 9.70. The molecule has 5 rings (SSSR count). The van der Waals surface area contributed by atoms with Gasteiger partial charge < -0.3 is 14.4 Å². The van der Waals surface area contributed by atoms with Gasteiger partial charge in [0.05, 0.1) is 25.8 Å². The number of hydrogen-bond acceptors (Lipinski definition) is 4. The van der Waals surface area contributed by atoms with E-state index >= 15 is 0 Å². The van der Waals surface area contributed by atoms with Crippen molar-refractivity contribution in [3.63, 3.8) is 0 Å². The maximum absolute atomic E-state index is 13.5. The summed E-state index contributed by atoms with van der Waals surface area (Å²) in [5.41, 5.74) is 1.49. The molecule has 1 spiro atoms. The molecular weight excluding hydrogens is 359 g/mol. The number of halogens is 1. The van der Waals surface area contributed by atoms with E-state index in [-0.39, 0.29) is 23.8 Å². The molecule has 2 aromatic carbocycles. The summed E-state index contributed by atoms with van der Waals surface area (Å²) in [5.74, 6) is 0.370. The highest BCUT2D eigenvalue weighted by molar-refractivity contribution is 5.82. The summed E-state index contributed by atoms with van der Waals surface area (Å²) in [5, 5.41) is 0. The fourth-order valence-corrected chi connectivity index (χ4v) is 5.11. The SMILES string of the molecule is COc1cc(F)ccc1CN1CC[C@@]23OC[C@@H](c4ccccc4)N2C(=O)C[C@@H]13. The van der Waals surface area contributed by atoms with Crippen LogP contribution in [0.25, 0.3) is 0 Å². The fraction of sp³-hybridized carbons (Fsp3) is 0.409. The Kier molecular flexibility index (Phi) is 4.14. The fourth-order valence-electron chi connectivity index (χ4n) is 5.11. The number of carbonyl (C=O) groups excluding carboxylic acids is 1. The summed E-state index contributed by atoms with van der Waals surface area (Å²) in [6.45, 7) is 1.97. The molecule has 0 N–H and O–H groups in total. The Labute approximate surface area is 163 Å². The van der Waals surface area contributed by atoms with E-state index in [4.69, 9.17) is 9.47 Å². The largest absolute Gasteiger partial charge is 0.496 e. The average molecular weight is 382 g/mol. The van der Waals surface area contributed by atoms with Crippen molar-refractivity contribution >= 4 is 5.91 Å². The van der Waals surface area contributed by atoms with Gasteiger partial charge in [-0.25, -0.2) is 4.39 Å². The zero-order valence-corrected chi connectivity index (χ0v) is 15.8. The van der Waals surface area contributed by atoms with Gasteiger partial charge in [-0.1, -0.05) is 36.4 Å². The summed E-state index contributed by atoms with van der Waals surface area (Å²) in [7, 11) is 1.55. The molecule has 3 aliphatic rings. The van der Waals surface area contributed by atoms with Crippen LogP contribution in [0.1, 0.15) is 30.0 Å². The predicted molar refractivity (Wildman–Crippen MR) is 101 cm³/mol. The van der Waals surface area contributed by atoms with Gasteiger partial charge in [-0.05, 0) is 11.6 Å². The van der Waals surface area contributed by atoms with Crippen molar-refractivity contribution in [3.05, 3.63) is 65.5 Å². The van der Waals surface area contributed by atoms with Gasteiger partial charge in [0.25, 0.3) is 0 Å². The van der Waals surface area contributed by atoms with Gasteiger partial charge >= 0.3 is 0 Å². The van der Waals surface area contributed by atoms with E-state index in [1.54, 1.807) is 13.2 Å². The Morgan fingerprint density at radius 3 is 2.86 bits per heavy atom. The molecule has 0 saturated carbocycles. The minimum atomic E-state index is -0.551. The van der Waals surface area contributed by atoms with Gasteiger partial charge in [0, 0.05) is 37.6 Å². The molecule has 0 unspecified atom stereocenters. The lowest BCUT2D eigenvalue weighted by Gasteiger charge is -2.33. The number of methoxy groups -OCH3 is 1. The van der Waals surface area contributed by atoms with Crippen LogP contribution in [0.2, 0.25) is 0 Å². The zero-order valence-electron chi connectivity index (χ0n) is 15.8. The van der Waals surface area contributed by atoms with Crippen LogP contribution in [0.15, 0.2) is 48.5 Å². The van der Waals surface area contributed by atoms with E-state index in [1.807, 2.05) is 23.1 Å². The van der Waals surface area contributed by atoms with Gasteiger partial charge in [0.2, 0.25) is 5.91 Å². The van der Waals surface area contributed by atoms with Crippen LogP contribution in [0, 0.1) is 5.82 Å². The molecule has 28 heavy (non-hydrogen) atoms. The molecule has 3 heterocycles. The second-order valence-corrected chi connectivity index (χ2v) is 7.74. The molecular formula is C22H23FN2O3. The van der Waals surface area contributed by atoms with Gasteiger partial charge in [0.1, 0.15) is 11.6 Å². The molecule has 0 radical (unpaired) electrons. The monoisotopic (exact) mass is 382 g/mol. The molecule has 3 aliphatic heterocycles. The van der Waals surface area contributed by atoms with Crippen LogP contribution in [0.5, 0.6) is 5.75 Å². The van der Waals surface area contributed by atoms with Crippen molar-refractivity contribution < 1.29 is 18.7 Å². The number of likely N-dealkylation sites (tertiary alicyclic amines) is 1. The molecule has 0 aromatic heterocycles. The number of hydrogen-bond donors (Lipinski definition) is 0. The highest BCUT2D eigenvalue weighted by Crippen LogP contribution is 2.51. The normalized spacial score (nSPS) is 29.2. The summed E-state index contributed by atoms with van der Waals surface area (Å²) in [4.78, 5) is 17.2. The van der Waals surface area contributed by atoms with Crippen molar-refractivity contribution in [3.8, 4) is 5.75 Å². The summed E-state index contributed by atoms with van der Waals surface area (Å²) >= 11 is 0. The Balaban J connectivity index is 1.42. The van der Waals surface area contributed by atoms with Crippen LogP contribution in [-0.2, 0) is 16.1 Å². The van der Waals surface area contributed by atoms with Crippen LogP contribution < -0.4 is 4.74 Å². The summed E-state index contributed by atoms with van der Waals surface area (Å²) < 4.78 is 25.2. The Morgan fingerprint density at radius 1 is 1.25 bits per heavy atom. The third-order valence-electron chi connectivity index (χ3n) is 6.37. The smallest absolute Gasteiger partial charge is 0.227 e. The number of ether oxygens (including phenoxy) is 2. The Morgan fingerprint density at radius 2 is 2.07 bits per heavy atom. The van der Waals surface area contributed by atoms with Crippen molar-refractivity contribution in [2.75, 3.05) is 20.3 Å². The highest BCUT2D eigenvalue weighted by atomic mass is 19.1. The van der Waals surface area contributed by atoms with Crippen molar-refractivity contribution in [2.24, 2.45) is 0 Å². The maximum Gasteiger partial charge on any atom is 0.227 e. The first-order valence-electron chi connectivity index (χ1n) is 9.70. The standard InChI is InChI=1S/C22H23FN2O3/c1-27-19-11-17(23)8-7-16(19)13-24-10-9-22-20(24)12-21(26)25(22)18(14-28-22)15-5-3-2-4-6-15/h2-8,11,18,20H,9-10,12-14H2,1H3/t18-,20+,22-/m0/s1. The second-order valence-electron chi connectivity index (χ2n) is 7.74.